The van der Waals surface area contributed by atoms with E-state index in [1.54, 1.807) is 20.1 Å². The van der Waals surface area contributed by atoms with E-state index >= 15 is 0 Å². The fourth-order valence-corrected chi connectivity index (χ4v) is 1.37. The lowest BCUT2D eigenvalue weighted by Crippen LogP contribution is -2.42. The highest BCUT2D eigenvalue weighted by molar-refractivity contribution is 7.96. The molecule has 0 saturated carbocycles. The Morgan fingerprint density at radius 3 is 1.82 bits per heavy atom. The van der Waals surface area contributed by atoms with Gasteiger partial charge in [0.25, 0.3) is 0 Å². The summed E-state index contributed by atoms with van der Waals surface area (Å²) in [5, 5.41) is 0. The van der Waals surface area contributed by atoms with Crippen molar-refractivity contribution in [3.05, 3.63) is 0 Å². The van der Waals surface area contributed by atoms with Crippen molar-refractivity contribution in [2.45, 2.75) is 26.1 Å². The Hall–Kier alpha value is 0.100. The third-order valence-corrected chi connectivity index (χ3v) is 1.75. The summed E-state index contributed by atoms with van der Waals surface area (Å²) in [4.78, 5) is 0. The van der Waals surface area contributed by atoms with Gasteiger partial charge >= 0.3 is 6.18 Å². The van der Waals surface area contributed by atoms with E-state index in [-0.39, 0.29) is 0 Å². The highest BCUT2D eigenvalue weighted by atomic mass is 32.2. The van der Waals surface area contributed by atoms with E-state index in [1.165, 1.54) is 0 Å². The van der Waals surface area contributed by atoms with Crippen LogP contribution in [0.3, 0.4) is 0 Å². The zero-order valence-corrected chi connectivity index (χ0v) is 7.51. The van der Waals surface area contributed by atoms with Gasteiger partial charge in [-0.25, -0.2) is 0 Å². The molecule has 0 aromatic heterocycles. The van der Waals surface area contributed by atoms with E-state index in [0.29, 0.717) is 0 Å². The van der Waals surface area contributed by atoms with Crippen LogP contribution in [0.4, 0.5) is 13.2 Å². The molecule has 0 aliphatic carbocycles. The van der Waals surface area contributed by atoms with Gasteiger partial charge in [0, 0.05) is 0 Å². The van der Waals surface area contributed by atoms with E-state index in [9.17, 15) is 13.2 Å². The van der Waals surface area contributed by atoms with E-state index in [0.717, 1.165) is 11.9 Å². The Bertz CT molecular complexity index is 113. The second kappa shape index (κ2) is 4.21. The zero-order chi connectivity index (χ0) is 9.07. The van der Waals surface area contributed by atoms with Crippen molar-refractivity contribution in [2.75, 3.05) is 6.26 Å². The van der Waals surface area contributed by atoms with Crippen LogP contribution in [-0.4, -0.2) is 18.5 Å². The first-order valence-corrected chi connectivity index (χ1v) is 4.47. The maximum absolute atomic E-state index is 12.1. The molecule has 0 amide bonds. The number of hydrogen-bond donors (Lipinski definition) is 1. The van der Waals surface area contributed by atoms with Gasteiger partial charge in [0.15, 0.2) is 0 Å². The summed E-state index contributed by atoms with van der Waals surface area (Å²) in [6, 6.07) is -1.41. The van der Waals surface area contributed by atoms with Gasteiger partial charge in [0.1, 0.15) is 6.04 Å². The monoisotopic (exact) mass is 187 g/mol. The topological polar surface area (TPSA) is 12.0 Å². The Kier molecular flexibility index (Phi) is 4.25. The predicted octanol–water partition coefficient (Wildman–Crippen LogP) is 2.44. The third kappa shape index (κ3) is 3.86. The van der Waals surface area contributed by atoms with Crippen molar-refractivity contribution in [1.82, 2.24) is 4.72 Å². The lowest BCUT2D eigenvalue weighted by atomic mass is 10.1. The van der Waals surface area contributed by atoms with Crippen LogP contribution in [0.2, 0.25) is 0 Å². The average Bonchev–Trinajstić information content (AvgIpc) is 1.79. The van der Waals surface area contributed by atoms with Crippen LogP contribution in [-0.2, 0) is 0 Å². The minimum Gasteiger partial charge on any atom is -0.252 e. The maximum Gasteiger partial charge on any atom is 0.404 e. The zero-order valence-electron chi connectivity index (χ0n) is 6.70. The van der Waals surface area contributed by atoms with Crippen molar-refractivity contribution in [1.29, 1.82) is 0 Å². The van der Waals surface area contributed by atoms with Gasteiger partial charge in [-0.15, -0.1) is 0 Å². The Balaban J connectivity index is 4.10. The van der Waals surface area contributed by atoms with Crippen molar-refractivity contribution < 1.29 is 13.2 Å². The number of rotatable bonds is 3. The molecule has 11 heavy (non-hydrogen) atoms. The number of hydrogen-bond acceptors (Lipinski definition) is 2. The molecule has 0 spiro atoms. The van der Waals surface area contributed by atoms with E-state index in [2.05, 4.69) is 4.72 Å². The van der Waals surface area contributed by atoms with Gasteiger partial charge in [0.2, 0.25) is 0 Å². The predicted molar refractivity (Wildman–Crippen MR) is 41.3 cm³/mol. The maximum atomic E-state index is 12.1. The molecule has 0 aliphatic heterocycles. The minimum absolute atomic E-state index is 0.428. The SMILES string of the molecule is CSNC(C(C)C)C(F)(F)F. The lowest BCUT2D eigenvalue weighted by Gasteiger charge is -2.23. The number of nitrogens with one attached hydrogen (secondary N) is 1. The van der Waals surface area contributed by atoms with Crippen molar-refractivity contribution in [3.63, 3.8) is 0 Å². The first-order valence-electron chi connectivity index (χ1n) is 3.24. The molecule has 0 fully saturated rings. The molecule has 0 rings (SSSR count). The van der Waals surface area contributed by atoms with Gasteiger partial charge in [-0.1, -0.05) is 25.8 Å². The standard InChI is InChI=1S/C6H12F3NS/c1-4(2)5(10-11-3)6(7,8)9/h4-5,10H,1-3H3. The van der Waals surface area contributed by atoms with Gasteiger partial charge in [0.05, 0.1) is 0 Å². The lowest BCUT2D eigenvalue weighted by molar-refractivity contribution is -0.159. The Labute approximate surface area is 68.9 Å². The van der Waals surface area contributed by atoms with Gasteiger partial charge in [-0.2, -0.15) is 13.2 Å². The molecule has 0 saturated heterocycles. The third-order valence-electron chi connectivity index (χ3n) is 1.26. The van der Waals surface area contributed by atoms with Crippen LogP contribution in [0.5, 0.6) is 0 Å². The highest BCUT2D eigenvalue weighted by Gasteiger charge is 2.41. The first-order chi connectivity index (χ1) is 4.89. The molecular weight excluding hydrogens is 175 g/mol. The second-order valence-electron chi connectivity index (χ2n) is 2.59. The number of halogens is 3. The molecular formula is C6H12F3NS. The van der Waals surface area contributed by atoms with Crippen molar-refractivity contribution in [3.8, 4) is 0 Å². The molecule has 1 nitrogen and oxygen atoms in total. The average molecular weight is 187 g/mol. The highest BCUT2D eigenvalue weighted by Crippen LogP contribution is 2.26. The van der Waals surface area contributed by atoms with Crippen LogP contribution < -0.4 is 4.72 Å². The van der Waals surface area contributed by atoms with Crippen LogP contribution in [0, 0.1) is 5.92 Å². The van der Waals surface area contributed by atoms with E-state index in [4.69, 9.17) is 0 Å². The summed E-state index contributed by atoms with van der Waals surface area (Å²) < 4.78 is 38.6. The van der Waals surface area contributed by atoms with Gasteiger partial charge in [-0.05, 0) is 12.2 Å². The van der Waals surface area contributed by atoms with Crippen LogP contribution in [0.25, 0.3) is 0 Å². The quantitative estimate of drug-likeness (QED) is 0.681. The summed E-state index contributed by atoms with van der Waals surface area (Å²) in [5.74, 6) is -0.428. The fourth-order valence-electron chi connectivity index (χ4n) is 0.708. The molecule has 1 atom stereocenters. The summed E-state index contributed by atoms with van der Waals surface area (Å²) in [7, 11) is 0. The largest absolute Gasteiger partial charge is 0.404 e. The van der Waals surface area contributed by atoms with E-state index < -0.39 is 18.1 Å². The second-order valence-corrected chi connectivity index (χ2v) is 3.23. The molecule has 0 radical (unpaired) electrons. The molecule has 1 unspecified atom stereocenters. The molecule has 1 N–H and O–H groups in total. The molecule has 0 bridgehead atoms. The normalized spacial score (nSPS) is 15.5. The fraction of sp³-hybridized carbons (Fsp3) is 1.00. The van der Waals surface area contributed by atoms with Crippen LogP contribution in [0.1, 0.15) is 13.8 Å². The van der Waals surface area contributed by atoms with Crippen molar-refractivity contribution >= 4 is 11.9 Å². The summed E-state index contributed by atoms with van der Waals surface area (Å²) in [6.07, 6.45) is -2.56. The summed E-state index contributed by atoms with van der Waals surface area (Å²) in [5.41, 5.74) is 0. The molecule has 0 aromatic carbocycles. The summed E-state index contributed by atoms with van der Waals surface area (Å²) in [6.45, 7) is 3.09. The molecule has 0 heterocycles. The van der Waals surface area contributed by atoms with Gasteiger partial charge < -0.3 is 0 Å². The Morgan fingerprint density at radius 2 is 1.73 bits per heavy atom. The summed E-state index contributed by atoms with van der Waals surface area (Å²) >= 11 is 0.995. The van der Waals surface area contributed by atoms with E-state index in [1.807, 2.05) is 0 Å². The molecule has 0 aromatic rings. The van der Waals surface area contributed by atoms with Crippen LogP contribution >= 0.6 is 11.9 Å². The van der Waals surface area contributed by atoms with Crippen LogP contribution in [0.15, 0.2) is 0 Å². The van der Waals surface area contributed by atoms with Gasteiger partial charge in [-0.3, -0.25) is 4.72 Å². The molecule has 68 valence electrons. The first kappa shape index (κ1) is 11.1. The minimum atomic E-state index is -4.14. The molecule has 0 aliphatic rings. The van der Waals surface area contributed by atoms with Crippen molar-refractivity contribution in [2.24, 2.45) is 5.92 Å². The Morgan fingerprint density at radius 1 is 1.27 bits per heavy atom. The smallest absolute Gasteiger partial charge is 0.252 e. The number of alkyl halides is 3. The molecule has 5 heteroatoms.